The first kappa shape index (κ1) is 20.2. The highest BCUT2D eigenvalue weighted by Crippen LogP contribution is 2.33. The fraction of sp³-hybridized carbons (Fsp3) is 0.316. The number of non-ortho nitro benzene ring substituents is 1. The van der Waals surface area contributed by atoms with Gasteiger partial charge in [-0.1, -0.05) is 47.6 Å². The number of halogens is 1. The third kappa shape index (κ3) is 4.57. The zero-order valence-corrected chi connectivity index (χ0v) is 17.7. The third-order valence-electron chi connectivity index (χ3n) is 5.00. The van der Waals surface area contributed by atoms with Gasteiger partial charge >= 0.3 is 0 Å². The molecule has 2 aliphatic heterocycles. The Morgan fingerprint density at radius 1 is 1.10 bits per heavy atom. The van der Waals surface area contributed by atoms with Gasteiger partial charge in [0, 0.05) is 29.5 Å². The van der Waals surface area contributed by atoms with Gasteiger partial charge in [0.1, 0.15) is 0 Å². The minimum absolute atomic E-state index is 0.0565. The van der Waals surface area contributed by atoms with Crippen molar-refractivity contribution < 1.29 is 13.3 Å². The van der Waals surface area contributed by atoms with E-state index in [9.17, 15) is 18.5 Å². The summed E-state index contributed by atoms with van der Waals surface area (Å²) in [6.07, 6.45) is 0. The predicted octanol–water partition coefficient (Wildman–Crippen LogP) is 3.52. The van der Waals surface area contributed by atoms with Gasteiger partial charge in [0.25, 0.3) is 5.69 Å². The van der Waals surface area contributed by atoms with E-state index in [0.717, 1.165) is 16.3 Å². The molecule has 10 heteroatoms. The van der Waals surface area contributed by atoms with E-state index in [1.165, 1.54) is 23.9 Å². The summed E-state index contributed by atoms with van der Waals surface area (Å²) in [5, 5.41) is 12.3. The van der Waals surface area contributed by atoms with Gasteiger partial charge in [0.2, 0.25) is 0 Å². The second kappa shape index (κ2) is 7.97. The molecule has 7 nitrogen and oxygen atoms in total. The maximum Gasteiger partial charge on any atom is 0.269 e. The summed E-state index contributed by atoms with van der Waals surface area (Å²) >= 11 is 7.49. The van der Waals surface area contributed by atoms with E-state index < -0.39 is 14.8 Å². The minimum atomic E-state index is -3.08. The summed E-state index contributed by atoms with van der Waals surface area (Å²) in [5.74, 6) is 0.785. The second-order valence-corrected chi connectivity index (χ2v) is 10.6. The lowest BCUT2D eigenvalue weighted by atomic mass is 10.1. The maximum atomic E-state index is 12.1. The van der Waals surface area contributed by atoms with Crippen LogP contribution in [0.25, 0.3) is 0 Å². The number of aliphatic imine (C=N–C) groups is 1. The van der Waals surface area contributed by atoms with Crippen LogP contribution in [0.3, 0.4) is 0 Å². The molecule has 29 heavy (non-hydrogen) atoms. The summed E-state index contributed by atoms with van der Waals surface area (Å²) < 4.78 is 24.2. The van der Waals surface area contributed by atoms with Crippen LogP contribution in [0.2, 0.25) is 5.02 Å². The molecule has 0 N–H and O–H groups in total. The Labute approximate surface area is 177 Å². The minimum Gasteiger partial charge on any atom is -0.341 e. The molecule has 152 valence electrons. The smallest absolute Gasteiger partial charge is 0.269 e. The predicted molar refractivity (Wildman–Crippen MR) is 115 cm³/mol. The Kier molecular flexibility index (Phi) is 5.54. The third-order valence-corrected chi connectivity index (χ3v) is 8.02. The Morgan fingerprint density at radius 2 is 1.76 bits per heavy atom. The molecule has 1 fully saturated rings. The summed E-state index contributed by atoms with van der Waals surface area (Å²) in [7, 11) is -3.08. The van der Waals surface area contributed by atoms with Gasteiger partial charge in [0.05, 0.1) is 28.5 Å². The van der Waals surface area contributed by atoms with Crippen LogP contribution < -0.4 is 0 Å². The van der Waals surface area contributed by atoms with Gasteiger partial charge in [-0.05, 0) is 23.3 Å². The summed E-state index contributed by atoms with van der Waals surface area (Å²) in [5.41, 5.74) is 2.03. The first-order valence-corrected chi connectivity index (χ1v) is 12.1. The fourth-order valence-corrected chi connectivity index (χ4v) is 6.61. The average molecular weight is 452 g/mol. The number of thioether (sulfide) groups is 1. The summed E-state index contributed by atoms with van der Waals surface area (Å²) in [4.78, 5) is 17.1. The van der Waals surface area contributed by atoms with Crippen molar-refractivity contribution >= 4 is 44.1 Å². The van der Waals surface area contributed by atoms with Crippen molar-refractivity contribution in [3.8, 4) is 0 Å². The maximum absolute atomic E-state index is 12.1. The molecule has 0 saturated carbocycles. The van der Waals surface area contributed by atoms with Crippen molar-refractivity contribution in [1.82, 2.24) is 4.90 Å². The molecule has 4 rings (SSSR count). The Bertz CT molecular complexity index is 1060. The van der Waals surface area contributed by atoms with Gasteiger partial charge < -0.3 is 4.90 Å². The van der Waals surface area contributed by atoms with E-state index in [-0.39, 0.29) is 29.3 Å². The molecule has 0 amide bonds. The van der Waals surface area contributed by atoms with Crippen LogP contribution >= 0.6 is 23.4 Å². The molecule has 0 aliphatic carbocycles. The van der Waals surface area contributed by atoms with Crippen LogP contribution in [0.1, 0.15) is 11.1 Å². The quantitative estimate of drug-likeness (QED) is 0.510. The molecule has 2 aromatic carbocycles. The summed E-state index contributed by atoms with van der Waals surface area (Å²) in [6, 6.07) is 13.5. The molecule has 0 bridgehead atoms. The second-order valence-electron chi connectivity index (χ2n) is 7.09. The Hall–Kier alpha value is -2.10. The number of sulfone groups is 1. The first-order valence-electron chi connectivity index (χ1n) is 8.96. The summed E-state index contributed by atoms with van der Waals surface area (Å²) in [6.45, 7) is 0.556. The van der Waals surface area contributed by atoms with E-state index in [4.69, 9.17) is 16.6 Å². The van der Waals surface area contributed by atoms with E-state index in [1.54, 1.807) is 12.1 Å². The first-order chi connectivity index (χ1) is 13.8. The topological polar surface area (TPSA) is 92.9 Å². The van der Waals surface area contributed by atoms with Crippen molar-refractivity contribution in [2.24, 2.45) is 4.99 Å². The highest BCUT2D eigenvalue weighted by atomic mass is 35.5. The van der Waals surface area contributed by atoms with Gasteiger partial charge in [-0.2, -0.15) is 0 Å². The Balaban J connectivity index is 1.51. The SMILES string of the molecule is O=[N+]([O-])c1ccc(CSC2=N[C@H]3CS(=O)(=O)C[C@H]3N2Cc2ccc(Cl)cc2)cc1. The van der Waals surface area contributed by atoms with E-state index in [1.807, 2.05) is 24.3 Å². The molecule has 0 spiro atoms. The van der Waals surface area contributed by atoms with Crippen molar-refractivity contribution in [2.45, 2.75) is 24.4 Å². The molecule has 0 aromatic heterocycles. The van der Waals surface area contributed by atoms with E-state index in [2.05, 4.69) is 4.90 Å². The number of amidine groups is 1. The van der Waals surface area contributed by atoms with Gasteiger partial charge in [0.15, 0.2) is 15.0 Å². The van der Waals surface area contributed by atoms with Crippen LogP contribution in [0.15, 0.2) is 53.5 Å². The van der Waals surface area contributed by atoms with Gasteiger partial charge in [-0.3, -0.25) is 15.1 Å². The number of nitro benzene ring substituents is 1. The largest absolute Gasteiger partial charge is 0.341 e. The van der Waals surface area contributed by atoms with Crippen LogP contribution in [0, 0.1) is 10.1 Å². The molecule has 2 aromatic rings. The molecule has 0 unspecified atom stereocenters. The number of hydrogen-bond acceptors (Lipinski definition) is 7. The number of benzene rings is 2. The lowest BCUT2D eigenvalue weighted by Crippen LogP contribution is -2.38. The monoisotopic (exact) mass is 451 g/mol. The van der Waals surface area contributed by atoms with Crippen LogP contribution in [0.4, 0.5) is 5.69 Å². The Morgan fingerprint density at radius 3 is 2.41 bits per heavy atom. The van der Waals surface area contributed by atoms with Crippen molar-refractivity contribution in [3.05, 3.63) is 74.8 Å². The highest BCUT2D eigenvalue weighted by molar-refractivity contribution is 8.13. The standard InChI is InChI=1S/C19H18ClN3O4S2/c20-15-5-1-13(2-6-15)9-22-18-12-29(26,27)11-17(18)21-19(22)28-10-14-3-7-16(8-4-14)23(24)25/h1-8,17-18H,9-12H2/t17-,18+/m0/s1. The number of nitro groups is 1. The van der Waals surface area contributed by atoms with Crippen LogP contribution in [-0.2, 0) is 22.1 Å². The zero-order valence-electron chi connectivity index (χ0n) is 15.3. The lowest BCUT2D eigenvalue weighted by Gasteiger charge is -2.26. The highest BCUT2D eigenvalue weighted by Gasteiger charge is 2.46. The lowest BCUT2D eigenvalue weighted by molar-refractivity contribution is -0.384. The fourth-order valence-electron chi connectivity index (χ4n) is 3.54. The molecular formula is C19H18ClN3O4S2. The number of fused-ring (bicyclic) bond motifs is 1. The zero-order chi connectivity index (χ0) is 20.6. The average Bonchev–Trinajstić information content (AvgIpc) is 3.14. The van der Waals surface area contributed by atoms with Crippen molar-refractivity contribution in [2.75, 3.05) is 11.5 Å². The molecular weight excluding hydrogens is 434 g/mol. The molecule has 0 radical (unpaired) electrons. The van der Waals surface area contributed by atoms with Gasteiger partial charge in [-0.25, -0.2) is 8.42 Å². The molecule has 2 aliphatic rings. The number of nitrogens with zero attached hydrogens (tertiary/aromatic N) is 3. The van der Waals surface area contributed by atoms with Crippen LogP contribution in [-0.4, -0.2) is 47.0 Å². The van der Waals surface area contributed by atoms with E-state index in [0.29, 0.717) is 17.3 Å². The van der Waals surface area contributed by atoms with Crippen molar-refractivity contribution in [1.29, 1.82) is 0 Å². The van der Waals surface area contributed by atoms with Crippen LogP contribution in [0.5, 0.6) is 0 Å². The van der Waals surface area contributed by atoms with Gasteiger partial charge in [-0.15, -0.1) is 0 Å². The number of hydrogen-bond donors (Lipinski definition) is 0. The van der Waals surface area contributed by atoms with E-state index >= 15 is 0 Å². The molecule has 1 saturated heterocycles. The van der Waals surface area contributed by atoms with Crippen molar-refractivity contribution in [3.63, 3.8) is 0 Å². The number of rotatable bonds is 5. The molecule has 2 atom stereocenters. The molecule has 2 heterocycles. The normalized spacial score (nSPS) is 22.4.